The molecule has 0 unspecified atom stereocenters. The van der Waals surface area contributed by atoms with Crippen molar-refractivity contribution in [3.8, 4) is 11.1 Å². The lowest BCUT2D eigenvalue weighted by atomic mass is 9.75. The highest BCUT2D eigenvalue weighted by atomic mass is 32.2. The van der Waals surface area contributed by atoms with Crippen LogP contribution in [-0.4, -0.2) is 11.0 Å². The van der Waals surface area contributed by atoms with Crippen LogP contribution in [0.5, 0.6) is 0 Å². The minimum Gasteiger partial charge on any atom is -0.325 e. The zero-order chi connectivity index (χ0) is 22.4. The number of benzene rings is 3. The summed E-state index contributed by atoms with van der Waals surface area (Å²) in [7, 11) is 0. The van der Waals surface area contributed by atoms with E-state index in [0.717, 1.165) is 53.0 Å². The molecule has 0 radical (unpaired) electrons. The Balaban J connectivity index is 1.59. The molecule has 0 heterocycles. The van der Waals surface area contributed by atoms with Gasteiger partial charge < -0.3 is 5.32 Å². The summed E-state index contributed by atoms with van der Waals surface area (Å²) < 4.78 is 0. The standard InChI is InChI=1S/C28H29NO2S/c1-28(17-9-4-10-18-28)27(31)29-24-20-23(22-13-7-3-8-14-22)15-16-25(24)32-26(30)19-21-11-5-2-6-12-21/h2-3,5-8,11-16,20H,4,9-10,17-19H2,1H3,(H,29,31). The lowest BCUT2D eigenvalue weighted by Gasteiger charge is -2.32. The third-order valence-corrected chi connectivity index (χ3v) is 7.20. The van der Waals surface area contributed by atoms with Crippen LogP contribution in [-0.2, 0) is 16.0 Å². The first kappa shape index (κ1) is 22.3. The van der Waals surface area contributed by atoms with Crippen molar-refractivity contribution in [1.82, 2.24) is 0 Å². The van der Waals surface area contributed by atoms with Crippen molar-refractivity contribution in [2.24, 2.45) is 5.41 Å². The number of thioether (sulfide) groups is 1. The summed E-state index contributed by atoms with van der Waals surface area (Å²) in [5.41, 5.74) is 3.46. The Hall–Kier alpha value is -2.85. The lowest BCUT2D eigenvalue weighted by molar-refractivity contribution is -0.126. The summed E-state index contributed by atoms with van der Waals surface area (Å²) >= 11 is 1.20. The molecule has 32 heavy (non-hydrogen) atoms. The van der Waals surface area contributed by atoms with E-state index in [2.05, 4.69) is 24.4 Å². The molecule has 0 saturated heterocycles. The lowest BCUT2D eigenvalue weighted by Crippen LogP contribution is -2.35. The Kier molecular flexibility index (Phi) is 7.11. The molecule has 1 saturated carbocycles. The van der Waals surface area contributed by atoms with Gasteiger partial charge in [0, 0.05) is 16.7 Å². The van der Waals surface area contributed by atoms with Gasteiger partial charge in [0.15, 0.2) is 5.12 Å². The normalized spacial score (nSPS) is 15.2. The Morgan fingerprint density at radius 1 is 0.844 bits per heavy atom. The second-order valence-electron chi connectivity index (χ2n) is 8.79. The predicted octanol–water partition coefficient (Wildman–Crippen LogP) is 7.12. The van der Waals surface area contributed by atoms with Crippen LogP contribution in [0.4, 0.5) is 5.69 Å². The molecule has 1 aliphatic carbocycles. The molecule has 4 rings (SSSR count). The molecule has 3 nitrogen and oxygen atoms in total. The summed E-state index contributed by atoms with van der Waals surface area (Å²) in [6.45, 7) is 2.07. The number of anilines is 1. The largest absolute Gasteiger partial charge is 0.325 e. The van der Waals surface area contributed by atoms with Crippen molar-refractivity contribution in [3.63, 3.8) is 0 Å². The predicted molar refractivity (Wildman–Crippen MR) is 133 cm³/mol. The van der Waals surface area contributed by atoms with Gasteiger partial charge in [-0.05, 0) is 53.4 Å². The van der Waals surface area contributed by atoms with Crippen LogP contribution in [0.25, 0.3) is 11.1 Å². The van der Waals surface area contributed by atoms with E-state index in [-0.39, 0.29) is 16.4 Å². The van der Waals surface area contributed by atoms with Crippen molar-refractivity contribution in [2.75, 3.05) is 5.32 Å². The molecule has 1 amide bonds. The maximum Gasteiger partial charge on any atom is 0.230 e. The van der Waals surface area contributed by atoms with Gasteiger partial charge in [0.25, 0.3) is 0 Å². The van der Waals surface area contributed by atoms with E-state index in [1.807, 2.05) is 66.7 Å². The first-order chi connectivity index (χ1) is 15.5. The molecule has 0 bridgehead atoms. The second-order valence-corrected chi connectivity index (χ2v) is 9.89. The van der Waals surface area contributed by atoms with Crippen LogP contribution < -0.4 is 5.32 Å². The first-order valence-corrected chi connectivity index (χ1v) is 12.1. The van der Waals surface area contributed by atoms with E-state index in [1.165, 1.54) is 18.2 Å². The van der Waals surface area contributed by atoms with Gasteiger partial charge in [-0.15, -0.1) is 0 Å². The molecule has 3 aromatic carbocycles. The van der Waals surface area contributed by atoms with Crippen molar-refractivity contribution in [1.29, 1.82) is 0 Å². The topological polar surface area (TPSA) is 46.2 Å². The van der Waals surface area contributed by atoms with E-state index in [0.29, 0.717) is 6.42 Å². The summed E-state index contributed by atoms with van der Waals surface area (Å²) in [4.78, 5) is 26.8. The number of carbonyl (C=O) groups excluding carboxylic acids is 2. The highest BCUT2D eigenvalue weighted by molar-refractivity contribution is 8.13. The highest BCUT2D eigenvalue weighted by Gasteiger charge is 2.34. The summed E-state index contributed by atoms with van der Waals surface area (Å²) in [5, 5.41) is 3.25. The number of nitrogens with one attached hydrogen (secondary N) is 1. The molecule has 164 valence electrons. The van der Waals surface area contributed by atoms with E-state index in [9.17, 15) is 9.59 Å². The van der Waals surface area contributed by atoms with Crippen molar-refractivity contribution in [2.45, 2.75) is 50.3 Å². The van der Waals surface area contributed by atoms with Crippen LogP contribution in [0.3, 0.4) is 0 Å². The Morgan fingerprint density at radius 2 is 1.50 bits per heavy atom. The van der Waals surface area contributed by atoms with Crippen LogP contribution in [0.1, 0.15) is 44.6 Å². The molecule has 1 fully saturated rings. The fraction of sp³-hybridized carbons (Fsp3) is 0.286. The Labute approximate surface area is 194 Å². The minimum absolute atomic E-state index is 0.0553. The maximum absolute atomic E-state index is 13.3. The van der Waals surface area contributed by atoms with E-state index in [4.69, 9.17) is 0 Å². The summed E-state index contributed by atoms with van der Waals surface area (Å²) in [6, 6.07) is 25.8. The Bertz CT molecular complexity index is 1070. The number of rotatable bonds is 6. The molecule has 0 atom stereocenters. The van der Waals surface area contributed by atoms with E-state index >= 15 is 0 Å². The van der Waals surface area contributed by atoms with Crippen LogP contribution in [0, 0.1) is 5.41 Å². The molecular formula is C28H29NO2S. The van der Waals surface area contributed by atoms with Gasteiger partial charge in [0.1, 0.15) is 0 Å². The fourth-order valence-electron chi connectivity index (χ4n) is 4.28. The molecule has 3 aromatic rings. The molecule has 0 aliphatic heterocycles. The van der Waals surface area contributed by atoms with Crippen molar-refractivity contribution in [3.05, 3.63) is 84.4 Å². The monoisotopic (exact) mass is 443 g/mol. The molecule has 0 spiro atoms. The average molecular weight is 444 g/mol. The smallest absolute Gasteiger partial charge is 0.230 e. The molecule has 1 aliphatic rings. The van der Waals surface area contributed by atoms with Gasteiger partial charge in [-0.2, -0.15) is 0 Å². The first-order valence-electron chi connectivity index (χ1n) is 11.3. The molecular weight excluding hydrogens is 414 g/mol. The SMILES string of the molecule is CC1(C(=O)Nc2cc(-c3ccccc3)ccc2SC(=O)Cc2ccccc2)CCCCC1. The van der Waals surface area contributed by atoms with Gasteiger partial charge in [-0.25, -0.2) is 0 Å². The third kappa shape index (κ3) is 5.49. The highest BCUT2D eigenvalue weighted by Crippen LogP contribution is 2.39. The minimum atomic E-state index is -0.350. The van der Waals surface area contributed by atoms with Gasteiger partial charge in [0.05, 0.1) is 5.69 Å². The van der Waals surface area contributed by atoms with Gasteiger partial charge >= 0.3 is 0 Å². The zero-order valence-electron chi connectivity index (χ0n) is 18.5. The third-order valence-electron chi connectivity index (χ3n) is 6.26. The second kappa shape index (κ2) is 10.2. The molecule has 4 heteroatoms. The number of hydrogen-bond donors (Lipinski definition) is 1. The van der Waals surface area contributed by atoms with Crippen molar-refractivity contribution < 1.29 is 9.59 Å². The number of hydrogen-bond acceptors (Lipinski definition) is 3. The summed E-state index contributed by atoms with van der Waals surface area (Å²) in [6.07, 6.45) is 5.55. The van der Waals surface area contributed by atoms with E-state index < -0.39 is 0 Å². The Morgan fingerprint density at radius 3 is 2.19 bits per heavy atom. The zero-order valence-corrected chi connectivity index (χ0v) is 19.3. The van der Waals surface area contributed by atoms with Crippen LogP contribution in [0.2, 0.25) is 0 Å². The maximum atomic E-state index is 13.3. The van der Waals surface area contributed by atoms with Crippen LogP contribution >= 0.6 is 11.8 Å². The van der Waals surface area contributed by atoms with Gasteiger partial charge in [-0.1, -0.05) is 92.9 Å². The summed E-state index contributed by atoms with van der Waals surface area (Å²) in [5.74, 6) is 0.0553. The fourth-order valence-corrected chi connectivity index (χ4v) is 5.12. The average Bonchev–Trinajstić information content (AvgIpc) is 2.82. The van der Waals surface area contributed by atoms with Crippen molar-refractivity contribution >= 4 is 28.5 Å². The van der Waals surface area contributed by atoms with Crippen LogP contribution in [0.15, 0.2) is 83.8 Å². The van der Waals surface area contributed by atoms with E-state index in [1.54, 1.807) is 0 Å². The molecule has 1 N–H and O–H groups in total. The quantitative estimate of drug-likeness (QED) is 0.412. The van der Waals surface area contributed by atoms with Gasteiger partial charge in [-0.3, -0.25) is 9.59 Å². The number of amides is 1. The number of carbonyl (C=O) groups is 2. The van der Waals surface area contributed by atoms with Gasteiger partial charge in [0.2, 0.25) is 5.91 Å². The molecule has 0 aromatic heterocycles.